The molecule has 0 aliphatic rings. The maximum absolute atomic E-state index is 4.29. The largest absolute Gasteiger partial charge is 0.255 e. The Morgan fingerprint density at radius 3 is 2.92 bits per heavy atom. The van der Waals surface area contributed by atoms with Crippen LogP contribution in [0.1, 0.15) is 25.3 Å². The Kier molecular flexibility index (Phi) is 1.85. The van der Waals surface area contributed by atoms with Gasteiger partial charge in [0.05, 0.1) is 10.2 Å². The van der Waals surface area contributed by atoms with Gasteiger partial charge in [-0.25, -0.2) is 0 Å². The zero-order valence-corrected chi connectivity index (χ0v) is 8.06. The summed E-state index contributed by atoms with van der Waals surface area (Å²) >= 11 is 1.78. The molecule has 62 valence electrons. The van der Waals surface area contributed by atoms with Crippen molar-refractivity contribution < 1.29 is 0 Å². The SMILES string of the molecule is CC(C)c1ccnc2ccsc12. The Morgan fingerprint density at radius 2 is 2.17 bits per heavy atom. The van der Waals surface area contributed by atoms with Crippen LogP contribution < -0.4 is 0 Å². The maximum Gasteiger partial charge on any atom is 0.0812 e. The highest BCUT2D eigenvalue weighted by atomic mass is 32.1. The van der Waals surface area contributed by atoms with Crippen LogP contribution in [0.2, 0.25) is 0 Å². The van der Waals surface area contributed by atoms with Gasteiger partial charge in [0.2, 0.25) is 0 Å². The van der Waals surface area contributed by atoms with Gasteiger partial charge in [-0.2, -0.15) is 0 Å². The van der Waals surface area contributed by atoms with Crippen molar-refractivity contribution in [1.29, 1.82) is 0 Å². The number of hydrogen-bond acceptors (Lipinski definition) is 2. The molecular formula is C10H11NS. The van der Waals surface area contributed by atoms with Gasteiger partial charge in [-0.1, -0.05) is 13.8 Å². The summed E-state index contributed by atoms with van der Waals surface area (Å²) in [4.78, 5) is 4.29. The fourth-order valence-corrected chi connectivity index (χ4v) is 2.36. The van der Waals surface area contributed by atoms with E-state index in [2.05, 4.69) is 36.3 Å². The molecule has 12 heavy (non-hydrogen) atoms. The van der Waals surface area contributed by atoms with E-state index in [1.165, 1.54) is 10.3 Å². The Hall–Kier alpha value is -0.890. The fraction of sp³-hybridized carbons (Fsp3) is 0.300. The van der Waals surface area contributed by atoms with Crippen LogP contribution in [0.25, 0.3) is 10.2 Å². The number of rotatable bonds is 1. The predicted molar refractivity (Wildman–Crippen MR) is 53.7 cm³/mol. The molecule has 1 nitrogen and oxygen atoms in total. The van der Waals surface area contributed by atoms with E-state index < -0.39 is 0 Å². The van der Waals surface area contributed by atoms with Crippen molar-refractivity contribution in [1.82, 2.24) is 4.98 Å². The zero-order valence-electron chi connectivity index (χ0n) is 7.24. The van der Waals surface area contributed by atoms with Gasteiger partial charge in [0.15, 0.2) is 0 Å². The fourth-order valence-electron chi connectivity index (χ4n) is 1.35. The van der Waals surface area contributed by atoms with Crippen LogP contribution in [0.15, 0.2) is 23.7 Å². The normalized spacial score (nSPS) is 11.2. The monoisotopic (exact) mass is 177 g/mol. The van der Waals surface area contributed by atoms with Crippen molar-refractivity contribution in [3.05, 3.63) is 29.3 Å². The molecule has 0 aromatic carbocycles. The van der Waals surface area contributed by atoms with Crippen molar-refractivity contribution >= 4 is 21.6 Å². The van der Waals surface area contributed by atoms with E-state index in [1.54, 1.807) is 11.3 Å². The molecule has 2 aromatic heterocycles. The molecule has 0 spiro atoms. The first kappa shape index (κ1) is 7.74. The molecule has 0 radical (unpaired) electrons. The van der Waals surface area contributed by atoms with E-state index in [4.69, 9.17) is 0 Å². The van der Waals surface area contributed by atoms with Gasteiger partial charge in [0, 0.05) is 6.20 Å². The molecule has 0 N–H and O–H groups in total. The lowest BCUT2D eigenvalue weighted by atomic mass is 10.0. The Labute approximate surface area is 76.1 Å². The van der Waals surface area contributed by atoms with Crippen molar-refractivity contribution in [3.8, 4) is 0 Å². The third-order valence-electron chi connectivity index (χ3n) is 2.00. The lowest BCUT2D eigenvalue weighted by molar-refractivity contribution is 0.876. The summed E-state index contributed by atoms with van der Waals surface area (Å²) in [5.74, 6) is 0.592. The first-order valence-electron chi connectivity index (χ1n) is 4.11. The van der Waals surface area contributed by atoms with Crippen LogP contribution in [0.4, 0.5) is 0 Å². The number of thiophene rings is 1. The van der Waals surface area contributed by atoms with Gasteiger partial charge in [-0.3, -0.25) is 4.98 Å². The molecule has 2 rings (SSSR count). The summed E-state index contributed by atoms with van der Waals surface area (Å²) in [5, 5.41) is 2.10. The van der Waals surface area contributed by atoms with Gasteiger partial charge in [-0.05, 0) is 29.0 Å². The van der Waals surface area contributed by atoms with E-state index in [9.17, 15) is 0 Å². The van der Waals surface area contributed by atoms with Gasteiger partial charge >= 0.3 is 0 Å². The summed E-state index contributed by atoms with van der Waals surface area (Å²) < 4.78 is 1.34. The molecule has 0 fully saturated rings. The quantitative estimate of drug-likeness (QED) is 0.650. The third kappa shape index (κ3) is 1.12. The molecule has 2 heterocycles. The van der Waals surface area contributed by atoms with Gasteiger partial charge in [0.25, 0.3) is 0 Å². The lowest BCUT2D eigenvalue weighted by Crippen LogP contribution is -1.87. The lowest BCUT2D eigenvalue weighted by Gasteiger charge is -2.04. The number of aromatic nitrogens is 1. The number of fused-ring (bicyclic) bond motifs is 1. The van der Waals surface area contributed by atoms with Crippen LogP contribution >= 0.6 is 11.3 Å². The van der Waals surface area contributed by atoms with Crippen LogP contribution in [0.3, 0.4) is 0 Å². The topological polar surface area (TPSA) is 12.9 Å². The van der Waals surface area contributed by atoms with Crippen molar-refractivity contribution in [3.63, 3.8) is 0 Å². The van der Waals surface area contributed by atoms with Gasteiger partial charge in [0.1, 0.15) is 0 Å². The predicted octanol–water partition coefficient (Wildman–Crippen LogP) is 3.42. The molecule has 0 amide bonds. The van der Waals surface area contributed by atoms with Crippen LogP contribution in [-0.2, 0) is 0 Å². The average Bonchev–Trinajstić information content (AvgIpc) is 2.49. The number of pyridine rings is 1. The highest BCUT2D eigenvalue weighted by molar-refractivity contribution is 7.17. The Morgan fingerprint density at radius 1 is 1.33 bits per heavy atom. The van der Waals surface area contributed by atoms with Gasteiger partial charge in [-0.15, -0.1) is 11.3 Å². The van der Waals surface area contributed by atoms with E-state index in [-0.39, 0.29) is 0 Å². The first-order valence-corrected chi connectivity index (χ1v) is 4.99. The van der Waals surface area contributed by atoms with E-state index >= 15 is 0 Å². The van der Waals surface area contributed by atoms with Crippen LogP contribution in [0, 0.1) is 0 Å². The molecule has 0 saturated heterocycles. The molecular weight excluding hydrogens is 166 g/mol. The first-order chi connectivity index (χ1) is 5.79. The smallest absolute Gasteiger partial charge is 0.0812 e. The molecule has 0 aliphatic heterocycles. The minimum absolute atomic E-state index is 0.592. The minimum atomic E-state index is 0.592. The van der Waals surface area contributed by atoms with E-state index in [0.717, 1.165) is 5.52 Å². The zero-order chi connectivity index (χ0) is 8.55. The molecule has 2 heteroatoms. The second-order valence-corrected chi connectivity index (χ2v) is 4.11. The second-order valence-electron chi connectivity index (χ2n) is 3.19. The van der Waals surface area contributed by atoms with Crippen LogP contribution in [-0.4, -0.2) is 4.98 Å². The molecule has 0 aliphatic carbocycles. The van der Waals surface area contributed by atoms with Crippen molar-refractivity contribution in [2.45, 2.75) is 19.8 Å². The second kappa shape index (κ2) is 2.87. The van der Waals surface area contributed by atoms with E-state index in [1.807, 2.05) is 6.20 Å². The molecule has 2 aromatic rings. The highest BCUT2D eigenvalue weighted by Crippen LogP contribution is 2.27. The highest BCUT2D eigenvalue weighted by Gasteiger charge is 2.05. The number of hydrogen-bond donors (Lipinski definition) is 0. The summed E-state index contributed by atoms with van der Waals surface area (Å²) in [6.45, 7) is 4.43. The maximum atomic E-state index is 4.29. The van der Waals surface area contributed by atoms with E-state index in [0.29, 0.717) is 5.92 Å². The Bertz CT molecular complexity index is 389. The summed E-state index contributed by atoms with van der Waals surface area (Å²) in [6.07, 6.45) is 1.89. The summed E-state index contributed by atoms with van der Waals surface area (Å²) in [7, 11) is 0. The van der Waals surface area contributed by atoms with Gasteiger partial charge < -0.3 is 0 Å². The standard InChI is InChI=1S/C10H11NS/c1-7(2)8-3-5-11-9-4-6-12-10(8)9/h3-7H,1-2H3. The number of nitrogens with zero attached hydrogens (tertiary/aromatic N) is 1. The van der Waals surface area contributed by atoms with Crippen molar-refractivity contribution in [2.24, 2.45) is 0 Å². The van der Waals surface area contributed by atoms with Crippen molar-refractivity contribution in [2.75, 3.05) is 0 Å². The third-order valence-corrected chi connectivity index (χ3v) is 2.95. The molecule has 0 unspecified atom stereocenters. The molecule has 0 atom stereocenters. The Balaban J connectivity index is 2.73. The summed E-state index contributed by atoms with van der Waals surface area (Å²) in [5.41, 5.74) is 2.54. The average molecular weight is 177 g/mol. The van der Waals surface area contributed by atoms with Crippen LogP contribution in [0.5, 0.6) is 0 Å². The summed E-state index contributed by atoms with van der Waals surface area (Å²) in [6, 6.07) is 4.19. The minimum Gasteiger partial charge on any atom is -0.255 e. The molecule has 0 saturated carbocycles. The molecule has 0 bridgehead atoms.